The number of alkyl halides is 6. The molecule has 37 heavy (non-hydrogen) atoms. The first-order valence-electron chi connectivity index (χ1n) is 10.9. The molecule has 6 nitrogen and oxygen atoms in total. The molecule has 1 aliphatic rings. The summed E-state index contributed by atoms with van der Waals surface area (Å²) in [7, 11) is 0. The molecule has 1 aliphatic carbocycles. The molecule has 0 saturated heterocycles. The monoisotopic (exact) mass is 529 g/mol. The Balaban J connectivity index is 0.000000886. The van der Waals surface area contributed by atoms with Crippen molar-refractivity contribution in [2.45, 2.75) is 44.3 Å². The van der Waals surface area contributed by atoms with Gasteiger partial charge in [0.2, 0.25) is 0 Å². The third kappa shape index (κ3) is 7.05. The maximum absolute atomic E-state index is 13.5. The van der Waals surface area contributed by atoms with Gasteiger partial charge < -0.3 is 20.3 Å². The first-order valence-corrected chi connectivity index (χ1v) is 10.9. The van der Waals surface area contributed by atoms with Gasteiger partial charge in [0.05, 0.1) is 16.7 Å². The van der Waals surface area contributed by atoms with E-state index in [9.17, 15) is 31.1 Å². The van der Waals surface area contributed by atoms with Crippen LogP contribution in [-0.2, 0) is 19.0 Å². The quantitative estimate of drug-likeness (QED) is 0.311. The van der Waals surface area contributed by atoms with E-state index in [1.807, 2.05) is 0 Å². The number of hydrogen-bond donors (Lipinski definition) is 3. The number of ether oxygens (including phenoxy) is 1. The van der Waals surface area contributed by atoms with Gasteiger partial charge in [-0.2, -0.15) is 26.3 Å². The molecule has 3 aromatic carbocycles. The summed E-state index contributed by atoms with van der Waals surface area (Å²) in [6.45, 7) is -0.662. The highest BCUT2D eigenvalue weighted by atomic mass is 19.4. The topological polar surface area (TPSA) is 95.9 Å². The minimum absolute atomic E-state index is 0.0311. The van der Waals surface area contributed by atoms with Gasteiger partial charge in [-0.1, -0.05) is 36.4 Å². The van der Waals surface area contributed by atoms with Crippen molar-refractivity contribution in [3.8, 4) is 5.75 Å². The fourth-order valence-corrected chi connectivity index (χ4v) is 3.69. The number of carbonyl (C=O) groups excluding carboxylic acids is 1. The van der Waals surface area contributed by atoms with Gasteiger partial charge in [0.25, 0.3) is 5.91 Å². The van der Waals surface area contributed by atoms with E-state index in [-0.39, 0.29) is 23.4 Å². The van der Waals surface area contributed by atoms with Gasteiger partial charge >= 0.3 is 18.5 Å². The van der Waals surface area contributed by atoms with E-state index in [1.165, 1.54) is 6.07 Å². The van der Waals surface area contributed by atoms with Gasteiger partial charge in [-0.3, -0.25) is 4.79 Å². The van der Waals surface area contributed by atoms with Gasteiger partial charge in [0.1, 0.15) is 12.4 Å². The van der Waals surface area contributed by atoms with E-state index >= 15 is 0 Å². The van der Waals surface area contributed by atoms with Crippen molar-refractivity contribution >= 4 is 22.8 Å². The zero-order valence-corrected chi connectivity index (χ0v) is 19.0. The number of hydrogen-bond acceptors (Lipinski definition) is 3. The van der Waals surface area contributed by atoms with E-state index in [4.69, 9.17) is 19.7 Å². The van der Waals surface area contributed by atoms with Crippen molar-refractivity contribution in [2.24, 2.45) is 0 Å². The van der Waals surface area contributed by atoms with Gasteiger partial charge in [-0.15, -0.1) is 0 Å². The van der Waals surface area contributed by atoms with Crippen LogP contribution < -0.4 is 10.1 Å². The number of fused-ring (bicyclic) bond motifs is 1. The maximum Gasteiger partial charge on any atom is 0.503 e. The first-order chi connectivity index (χ1) is 17.3. The molecule has 0 unspecified atom stereocenters. The predicted octanol–water partition coefficient (Wildman–Crippen LogP) is 6.96. The molecule has 12 heteroatoms. The van der Waals surface area contributed by atoms with Crippen molar-refractivity contribution in [2.75, 3.05) is 0 Å². The van der Waals surface area contributed by atoms with Crippen LogP contribution in [0.2, 0.25) is 0 Å². The van der Waals surface area contributed by atoms with E-state index in [2.05, 4.69) is 5.32 Å². The van der Waals surface area contributed by atoms with Crippen LogP contribution in [0.5, 0.6) is 5.75 Å². The lowest BCUT2D eigenvalue weighted by molar-refractivity contribution is -0.143. The Kier molecular flexibility index (Phi) is 8.19. The lowest BCUT2D eigenvalue weighted by Gasteiger charge is -2.27. The highest BCUT2D eigenvalue weighted by molar-refractivity contribution is 6.04. The summed E-state index contributed by atoms with van der Waals surface area (Å²) in [5.41, 5.74) is -3.14. The molecular formula is C25H21F6NO5. The van der Waals surface area contributed by atoms with Gasteiger partial charge in [0, 0.05) is 17.0 Å². The molecule has 0 heterocycles. The highest BCUT2D eigenvalue weighted by Gasteiger charge is 2.38. The van der Waals surface area contributed by atoms with E-state index in [1.54, 1.807) is 30.3 Å². The van der Waals surface area contributed by atoms with Crippen molar-refractivity contribution in [3.63, 3.8) is 0 Å². The summed E-state index contributed by atoms with van der Waals surface area (Å²) in [5.74, 6) is -0.332. The Bertz CT molecular complexity index is 1280. The second kappa shape index (κ2) is 11.0. The lowest BCUT2D eigenvalue weighted by Crippen LogP contribution is -2.39. The molecule has 0 radical (unpaired) electrons. The number of rotatable bonds is 5. The molecule has 0 spiro atoms. The molecule has 0 aliphatic heterocycles. The molecule has 1 fully saturated rings. The predicted molar refractivity (Wildman–Crippen MR) is 120 cm³/mol. The van der Waals surface area contributed by atoms with E-state index < -0.39 is 47.7 Å². The van der Waals surface area contributed by atoms with Crippen molar-refractivity contribution in [1.29, 1.82) is 0 Å². The molecule has 0 atom stereocenters. The van der Waals surface area contributed by atoms with E-state index in [0.717, 1.165) is 25.3 Å². The van der Waals surface area contributed by atoms with Crippen LogP contribution in [0.4, 0.5) is 31.1 Å². The van der Waals surface area contributed by atoms with Gasteiger partial charge in [0.15, 0.2) is 0 Å². The summed E-state index contributed by atoms with van der Waals surface area (Å²) in [5, 5.41) is 18.0. The SMILES string of the molecule is O=C(NC1CCC1)c1ccc2ccccc2c1OCc1ccc(C(F)(F)F)cc1C(F)(F)F.O=C(O)O. The fraction of sp³-hybridized carbons (Fsp3) is 0.280. The summed E-state index contributed by atoms with van der Waals surface area (Å²) >= 11 is 0. The average Bonchev–Trinajstić information content (AvgIpc) is 2.78. The van der Waals surface area contributed by atoms with Gasteiger partial charge in [-0.25, -0.2) is 4.79 Å². The van der Waals surface area contributed by atoms with Crippen molar-refractivity contribution < 1.29 is 50.9 Å². The minimum atomic E-state index is -5.01. The Morgan fingerprint density at radius 2 is 1.57 bits per heavy atom. The smallest absolute Gasteiger partial charge is 0.487 e. The molecule has 198 valence electrons. The molecule has 0 bridgehead atoms. The van der Waals surface area contributed by atoms with Crippen molar-refractivity contribution in [1.82, 2.24) is 5.32 Å². The van der Waals surface area contributed by atoms with E-state index in [0.29, 0.717) is 16.8 Å². The number of carboxylic acid groups (broad SMARTS) is 2. The molecule has 1 saturated carbocycles. The zero-order valence-electron chi connectivity index (χ0n) is 19.0. The third-order valence-corrected chi connectivity index (χ3v) is 5.68. The van der Waals surface area contributed by atoms with Crippen LogP contribution in [0, 0.1) is 0 Å². The summed E-state index contributed by atoms with van der Waals surface area (Å²) in [4.78, 5) is 21.4. The number of benzene rings is 3. The number of nitrogens with one attached hydrogen (secondary N) is 1. The molecule has 0 aromatic heterocycles. The Morgan fingerprint density at radius 1 is 0.919 bits per heavy atom. The van der Waals surface area contributed by atoms with Crippen LogP contribution in [0.25, 0.3) is 10.8 Å². The Morgan fingerprint density at radius 3 is 2.14 bits per heavy atom. The number of carbonyl (C=O) groups is 2. The number of amides is 1. The average molecular weight is 529 g/mol. The third-order valence-electron chi connectivity index (χ3n) is 5.68. The second-order valence-corrected chi connectivity index (χ2v) is 8.20. The standard InChI is InChI=1S/C24H19F6NO2.CH2O3/c25-23(26,27)16-10-8-15(20(12-16)24(28,29)30)13-33-21-18-7-2-1-4-14(18)9-11-19(21)22(32)31-17-5-3-6-17;2-1(3)4/h1-2,4,7-12,17H,3,5-6,13H2,(H,31,32);(H2,2,3,4). The summed E-state index contributed by atoms with van der Waals surface area (Å²) in [6.07, 6.45) is -9.07. The molecule has 3 aromatic rings. The fourth-order valence-electron chi connectivity index (χ4n) is 3.69. The summed E-state index contributed by atoms with van der Waals surface area (Å²) in [6, 6.07) is 11.6. The zero-order chi connectivity index (χ0) is 27.4. The highest BCUT2D eigenvalue weighted by Crippen LogP contribution is 2.38. The Hall–Kier alpha value is -3.96. The van der Waals surface area contributed by atoms with Crippen LogP contribution >= 0.6 is 0 Å². The maximum atomic E-state index is 13.5. The van der Waals surface area contributed by atoms with Crippen LogP contribution in [-0.4, -0.2) is 28.3 Å². The molecule has 4 rings (SSSR count). The minimum Gasteiger partial charge on any atom is -0.487 e. The largest absolute Gasteiger partial charge is 0.503 e. The molecular weight excluding hydrogens is 508 g/mol. The van der Waals surface area contributed by atoms with Crippen LogP contribution in [0.1, 0.15) is 46.3 Å². The van der Waals surface area contributed by atoms with Crippen LogP contribution in [0.15, 0.2) is 54.6 Å². The van der Waals surface area contributed by atoms with Crippen LogP contribution in [0.3, 0.4) is 0 Å². The molecule has 3 N–H and O–H groups in total. The first kappa shape index (κ1) is 27.6. The normalized spacial score (nSPS) is 13.8. The summed E-state index contributed by atoms with van der Waals surface area (Å²) < 4.78 is 85.1. The second-order valence-electron chi connectivity index (χ2n) is 8.20. The number of halogens is 6. The van der Waals surface area contributed by atoms with Crippen molar-refractivity contribution in [3.05, 3.63) is 76.9 Å². The Labute approximate surface area is 206 Å². The lowest BCUT2D eigenvalue weighted by atomic mass is 9.92. The van der Waals surface area contributed by atoms with Gasteiger partial charge in [-0.05, 0) is 42.8 Å². The molecule has 1 amide bonds.